The molecule has 22 heavy (non-hydrogen) atoms. The van der Waals surface area contributed by atoms with Crippen molar-refractivity contribution < 1.29 is 19.7 Å². The van der Waals surface area contributed by atoms with Crippen LogP contribution in [0, 0.1) is 5.92 Å². The first kappa shape index (κ1) is 12.2. The summed E-state index contributed by atoms with van der Waals surface area (Å²) in [6, 6.07) is 4.21. The zero-order valence-corrected chi connectivity index (χ0v) is 12.4. The third-order valence-corrected chi connectivity index (χ3v) is 6.89. The van der Waals surface area contributed by atoms with E-state index in [9.17, 15) is 10.2 Å². The normalized spacial score (nSPS) is 50.1. The zero-order valence-electron chi connectivity index (χ0n) is 12.4. The van der Waals surface area contributed by atoms with Crippen molar-refractivity contribution in [2.75, 3.05) is 13.6 Å². The number of aliphatic hydroxyl groups excluding tert-OH is 1. The van der Waals surface area contributed by atoms with Gasteiger partial charge < -0.3 is 24.6 Å². The lowest BCUT2D eigenvalue weighted by molar-refractivity contribution is -0.0837. The Hall–Kier alpha value is -1.30. The average Bonchev–Trinajstić information content (AvgIpc) is 3.22. The Morgan fingerprint density at radius 1 is 1.32 bits per heavy atom. The van der Waals surface area contributed by atoms with Crippen LogP contribution < -0.4 is 4.74 Å². The van der Waals surface area contributed by atoms with Crippen molar-refractivity contribution in [2.45, 2.75) is 48.7 Å². The van der Waals surface area contributed by atoms with Gasteiger partial charge in [0.2, 0.25) is 0 Å². The second kappa shape index (κ2) is 3.45. The SMILES string of the molecule is CN1CC[C@]23c4c5ccc(O)c4O[C@H]2[C@@H](O)[C@@H]2O[C@@H]2C3[C@@H]1C5. The molecule has 3 fully saturated rings. The third kappa shape index (κ3) is 1.08. The van der Waals surface area contributed by atoms with Gasteiger partial charge in [0.05, 0.1) is 6.10 Å². The van der Waals surface area contributed by atoms with E-state index < -0.39 is 6.10 Å². The predicted molar refractivity (Wildman–Crippen MR) is 77.1 cm³/mol. The smallest absolute Gasteiger partial charge is 0.165 e. The molecule has 5 nitrogen and oxygen atoms in total. The number of rotatable bonds is 0. The van der Waals surface area contributed by atoms with Crippen LogP contribution in [0.3, 0.4) is 0 Å². The molecular formula is C17H19NO4. The van der Waals surface area contributed by atoms with Crippen LogP contribution in [0.4, 0.5) is 0 Å². The second-order valence-electron chi connectivity index (χ2n) is 7.61. The fourth-order valence-corrected chi connectivity index (χ4v) is 5.99. The third-order valence-electron chi connectivity index (χ3n) is 6.89. The van der Waals surface area contributed by atoms with Gasteiger partial charge in [0.25, 0.3) is 0 Å². The molecule has 1 aromatic carbocycles. The number of hydrogen-bond donors (Lipinski definition) is 2. The molecule has 0 radical (unpaired) electrons. The van der Waals surface area contributed by atoms with Gasteiger partial charge >= 0.3 is 0 Å². The van der Waals surface area contributed by atoms with Crippen molar-refractivity contribution in [3.05, 3.63) is 23.3 Å². The molecule has 3 aliphatic heterocycles. The van der Waals surface area contributed by atoms with Crippen LogP contribution in [0.25, 0.3) is 0 Å². The van der Waals surface area contributed by atoms with Gasteiger partial charge in [-0.05, 0) is 38.1 Å². The average molecular weight is 301 g/mol. The first-order valence-corrected chi connectivity index (χ1v) is 8.18. The van der Waals surface area contributed by atoms with Crippen molar-refractivity contribution in [2.24, 2.45) is 5.92 Å². The van der Waals surface area contributed by atoms with Crippen LogP contribution in [0.15, 0.2) is 12.1 Å². The molecular weight excluding hydrogens is 282 g/mol. The number of aliphatic hydroxyl groups is 1. The maximum atomic E-state index is 10.7. The van der Waals surface area contributed by atoms with E-state index >= 15 is 0 Å². The number of likely N-dealkylation sites (tertiary alicyclic amines) is 1. The summed E-state index contributed by atoms with van der Waals surface area (Å²) < 4.78 is 12.0. The second-order valence-corrected chi connectivity index (χ2v) is 7.61. The van der Waals surface area contributed by atoms with Crippen LogP contribution in [-0.2, 0) is 16.6 Å². The van der Waals surface area contributed by atoms with Gasteiger partial charge in [-0.15, -0.1) is 0 Å². The quantitative estimate of drug-likeness (QED) is 0.680. The summed E-state index contributed by atoms with van der Waals surface area (Å²) in [5.74, 6) is 1.19. The van der Waals surface area contributed by atoms with E-state index in [-0.39, 0.29) is 29.5 Å². The number of hydrogen-bond acceptors (Lipinski definition) is 5. The minimum atomic E-state index is -0.594. The summed E-state index contributed by atoms with van der Waals surface area (Å²) >= 11 is 0. The topological polar surface area (TPSA) is 65.5 Å². The van der Waals surface area contributed by atoms with Gasteiger partial charge in [0.1, 0.15) is 18.3 Å². The van der Waals surface area contributed by atoms with Crippen LogP contribution >= 0.6 is 0 Å². The predicted octanol–water partition coefficient (Wildman–Crippen LogP) is 0.409. The highest BCUT2D eigenvalue weighted by atomic mass is 16.6. The zero-order chi connectivity index (χ0) is 14.8. The number of benzene rings is 1. The monoisotopic (exact) mass is 301 g/mol. The minimum absolute atomic E-state index is 0.0878. The molecule has 0 amide bonds. The fraction of sp³-hybridized carbons (Fsp3) is 0.647. The van der Waals surface area contributed by atoms with E-state index in [4.69, 9.17) is 9.47 Å². The van der Waals surface area contributed by atoms with Gasteiger partial charge in [-0.1, -0.05) is 6.07 Å². The van der Waals surface area contributed by atoms with Crippen LogP contribution in [0.2, 0.25) is 0 Å². The van der Waals surface area contributed by atoms with Crippen molar-refractivity contribution in [3.8, 4) is 11.5 Å². The van der Waals surface area contributed by atoms with E-state index in [0.717, 1.165) is 19.4 Å². The Kier molecular flexibility index (Phi) is 1.91. The van der Waals surface area contributed by atoms with E-state index in [1.54, 1.807) is 6.07 Å². The number of aromatic hydroxyl groups is 1. The van der Waals surface area contributed by atoms with E-state index in [2.05, 4.69) is 11.9 Å². The summed E-state index contributed by atoms with van der Waals surface area (Å²) in [7, 11) is 2.19. The van der Waals surface area contributed by atoms with Crippen LogP contribution in [0.5, 0.6) is 11.5 Å². The molecule has 1 spiro atoms. The first-order valence-electron chi connectivity index (χ1n) is 8.18. The highest BCUT2D eigenvalue weighted by Gasteiger charge is 2.75. The largest absolute Gasteiger partial charge is 0.504 e. The number of nitrogens with zero attached hydrogens (tertiary/aromatic N) is 1. The van der Waals surface area contributed by atoms with Crippen LogP contribution in [-0.4, -0.2) is 59.2 Å². The van der Waals surface area contributed by atoms with E-state index in [1.165, 1.54) is 11.1 Å². The van der Waals surface area contributed by atoms with Gasteiger partial charge in [-0.2, -0.15) is 0 Å². The Morgan fingerprint density at radius 3 is 3.05 bits per heavy atom. The highest BCUT2D eigenvalue weighted by Crippen LogP contribution is 2.66. The Balaban J connectivity index is 1.68. The molecule has 116 valence electrons. The molecule has 7 atom stereocenters. The minimum Gasteiger partial charge on any atom is -0.504 e. The lowest BCUT2D eigenvalue weighted by atomic mass is 9.51. The molecule has 1 saturated carbocycles. The summed E-state index contributed by atoms with van der Waals surface area (Å²) in [4.78, 5) is 2.44. The van der Waals surface area contributed by atoms with Crippen molar-refractivity contribution in [3.63, 3.8) is 0 Å². The molecule has 6 rings (SSSR count). The van der Waals surface area contributed by atoms with Gasteiger partial charge in [-0.25, -0.2) is 0 Å². The first-order chi connectivity index (χ1) is 10.6. The van der Waals surface area contributed by atoms with Gasteiger partial charge in [0, 0.05) is 22.9 Å². The van der Waals surface area contributed by atoms with Crippen molar-refractivity contribution in [1.82, 2.24) is 4.90 Å². The number of phenolic OH excluding ortho intramolecular Hbond substituents is 1. The number of epoxide rings is 1. The van der Waals surface area contributed by atoms with Crippen LogP contribution in [0.1, 0.15) is 17.5 Å². The Labute approximate surface area is 128 Å². The molecule has 2 N–H and O–H groups in total. The molecule has 1 aromatic rings. The molecule has 0 aromatic heterocycles. The molecule has 2 aliphatic carbocycles. The van der Waals surface area contributed by atoms with Crippen molar-refractivity contribution >= 4 is 0 Å². The van der Waals surface area contributed by atoms with E-state index in [0.29, 0.717) is 17.7 Å². The molecule has 1 unspecified atom stereocenters. The summed E-state index contributed by atoms with van der Waals surface area (Å²) in [6.07, 6.45) is 1.12. The number of ether oxygens (including phenoxy) is 2. The molecule has 2 saturated heterocycles. The standard InChI is InChI=1S/C17H19NO4/c1-18-5-4-17-10-7-2-3-9(19)13(10)22-16(17)12(20)15-14(21-15)11(17)8(18)6-7/h2-3,8,11-12,14-16,19-20H,4-6H2,1H3/t8-,11?,12-,14+,15-,16-,17+/m0/s1. The molecule has 5 aliphatic rings. The lowest BCUT2D eigenvalue weighted by Crippen LogP contribution is -2.68. The fourth-order valence-electron chi connectivity index (χ4n) is 5.99. The summed E-state index contributed by atoms with van der Waals surface area (Å²) in [6.45, 7) is 1.000. The number of phenols is 1. The molecule has 5 heteroatoms. The van der Waals surface area contributed by atoms with Gasteiger partial charge in [0.15, 0.2) is 11.5 Å². The maximum absolute atomic E-state index is 10.7. The lowest BCUT2D eigenvalue weighted by Gasteiger charge is -2.57. The number of fused-ring (bicyclic) bond motifs is 1. The molecule has 3 heterocycles. The maximum Gasteiger partial charge on any atom is 0.165 e. The number of likely N-dealkylation sites (N-methyl/N-ethyl adjacent to an activating group) is 1. The van der Waals surface area contributed by atoms with Gasteiger partial charge in [-0.3, -0.25) is 0 Å². The Bertz CT molecular complexity index is 706. The Morgan fingerprint density at radius 2 is 2.18 bits per heavy atom. The van der Waals surface area contributed by atoms with E-state index in [1.807, 2.05) is 6.07 Å². The summed E-state index contributed by atoms with van der Waals surface area (Å²) in [5.41, 5.74) is 2.25. The molecule has 2 bridgehead atoms. The summed E-state index contributed by atoms with van der Waals surface area (Å²) in [5, 5.41) is 21.0. The van der Waals surface area contributed by atoms with Crippen molar-refractivity contribution in [1.29, 1.82) is 0 Å². The highest BCUT2D eigenvalue weighted by molar-refractivity contribution is 5.61. The number of piperidine rings is 1.